The minimum atomic E-state index is -4.59. The molecule has 0 fully saturated rings. The Morgan fingerprint density at radius 3 is 2.15 bits per heavy atom. The number of hydrogen-bond acceptors (Lipinski definition) is 5. The van der Waals surface area contributed by atoms with Crippen LogP contribution in [0.3, 0.4) is 0 Å². The van der Waals surface area contributed by atoms with Crippen molar-refractivity contribution < 1.29 is 17.8 Å². The van der Waals surface area contributed by atoms with Crippen molar-refractivity contribution in [3.8, 4) is 0 Å². The molecule has 130 valence electrons. The Kier molecular flexibility index (Phi) is 5.74. The number of benzene rings is 2. The molecule has 0 radical (unpaired) electrons. The van der Waals surface area contributed by atoms with Gasteiger partial charge in [-0.2, -0.15) is 8.42 Å². The Hall–Kier alpha value is -3.62. The second-order valence-electron chi connectivity index (χ2n) is 4.82. The maximum Gasteiger partial charge on any atom is 0.295 e. The van der Waals surface area contributed by atoms with E-state index in [0.29, 0.717) is 5.69 Å². The zero-order chi connectivity index (χ0) is 19.2. The van der Waals surface area contributed by atoms with Crippen LogP contribution in [-0.4, -0.2) is 18.8 Å². The summed E-state index contributed by atoms with van der Waals surface area (Å²) in [6, 6.07) is 9.44. The molecule has 2 aromatic carbocycles. The molecule has 10 nitrogen and oxygen atoms in total. The summed E-state index contributed by atoms with van der Waals surface area (Å²) < 4.78 is 32.3. The second kappa shape index (κ2) is 7.97. The highest BCUT2D eigenvalue weighted by molar-refractivity contribution is 7.86. The number of carbonyl (C=O) groups is 1. The Balaban J connectivity index is 2.35. The van der Waals surface area contributed by atoms with Gasteiger partial charge in [0.25, 0.3) is 10.1 Å². The first-order valence-corrected chi connectivity index (χ1v) is 8.33. The SMILES string of the molecule is [N-]=[N+]=Nc1ccc(C(=O)/C=C/c2ccc(N=[N+]=[N-])cc2S(=O)(=O)O)cc1. The van der Waals surface area contributed by atoms with Crippen LogP contribution in [0.25, 0.3) is 27.0 Å². The smallest absolute Gasteiger partial charge is 0.289 e. The lowest BCUT2D eigenvalue weighted by Gasteiger charge is -2.04. The van der Waals surface area contributed by atoms with E-state index in [1.165, 1.54) is 42.5 Å². The van der Waals surface area contributed by atoms with Gasteiger partial charge in [0.05, 0.1) is 0 Å². The van der Waals surface area contributed by atoms with Crippen LogP contribution < -0.4 is 0 Å². The van der Waals surface area contributed by atoms with Gasteiger partial charge in [-0.15, -0.1) is 0 Å². The van der Waals surface area contributed by atoms with Gasteiger partial charge in [-0.25, -0.2) is 0 Å². The van der Waals surface area contributed by atoms with E-state index in [2.05, 4.69) is 20.1 Å². The van der Waals surface area contributed by atoms with Gasteiger partial charge in [-0.05, 0) is 34.8 Å². The molecular weight excluding hydrogens is 360 g/mol. The van der Waals surface area contributed by atoms with E-state index in [1.807, 2.05) is 0 Å². The molecule has 0 saturated heterocycles. The fourth-order valence-corrected chi connectivity index (χ4v) is 2.71. The number of nitrogens with zero attached hydrogens (tertiary/aromatic N) is 6. The molecule has 0 aliphatic rings. The fourth-order valence-electron chi connectivity index (χ4n) is 2.00. The minimum Gasteiger partial charge on any atom is -0.289 e. The Labute approximate surface area is 147 Å². The Bertz CT molecular complexity index is 1080. The molecule has 0 bridgehead atoms. The van der Waals surface area contributed by atoms with Crippen LogP contribution in [0, 0.1) is 0 Å². The molecule has 26 heavy (non-hydrogen) atoms. The largest absolute Gasteiger partial charge is 0.295 e. The first kappa shape index (κ1) is 18.7. The van der Waals surface area contributed by atoms with Gasteiger partial charge < -0.3 is 0 Å². The van der Waals surface area contributed by atoms with E-state index >= 15 is 0 Å². The van der Waals surface area contributed by atoms with Crippen molar-refractivity contribution in [1.29, 1.82) is 0 Å². The monoisotopic (exact) mass is 370 g/mol. The standard InChI is InChI=1S/C15H10N6O4S/c16-20-18-12-5-1-10(2-6-12)14(22)8-4-11-3-7-13(19-21-17)9-15(11)26(23,24)25/h1-9H,(H,23,24,25)/b8-4+. The van der Waals surface area contributed by atoms with Crippen molar-refractivity contribution in [3.63, 3.8) is 0 Å². The first-order chi connectivity index (χ1) is 12.3. The lowest BCUT2D eigenvalue weighted by atomic mass is 10.1. The summed E-state index contributed by atoms with van der Waals surface area (Å²) in [5.74, 6) is -0.433. The van der Waals surface area contributed by atoms with Gasteiger partial charge in [-0.3, -0.25) is 9.35 Å². The lowest BCUT2D eigenvalue weighted by Crippen LogP contribution is -2.01. The highest BCUT2D eigenvalue weighted by Crippen LogP contribution is 2.24. The Morgan fingerprint density at radius 1 is 1.00 bits per heavy atom. The van der Waals surface area contributed by atoms with E-state index in [9.17, 15) is 17.8 Å². The topological polar surface area (TPSA) is 169 Å². The van der Waals surface area contributed by atoms with E-state index in [4.69, 9.17) is 11.1 Å². The van der Waals surface area contributed by atoms with E-state index in [0.717, 1.165) is 12.1 Å². The Morgan fingerprint density at radius 2 is 1.58 bits per heavy atom. The first-order valence-electron chi connectivity index (χ1n) is 6.89. The number of azide groups is 2. The molecule has 0 aromatic heterocycles. The number of ketones is 1. The van der Waals surface area contributed by atoms with Crippen LogP contribution >= 0.6 is 0 Å². The van der Waals surface area contributed by atoms with Crippen LogP contribution in [0.2, 0.25) is 0 Å². The molecule has 0 spiro atoms. The highest BCUT2D eigenvalue weighted by atomic mass is 32.2. The third-order valence-electron chi connectivity index (χ3n) is 3.16. The van der Waals surface area contributed by atoms with Gasteiger partial charge in [0.2, 0.25) is 0 Å². The van der Waals surface area contributed by atoms with E-state index in [1.54, 1.807) is 0 Å². The summed E-state index contributed by atoms with van der Waals surface area (Å²) in [4.78, 5) is 16.8. The fraction of sp³-hybridized carbons (Fsp3) is 0. The number of carbonyl (C=O) groups excluding carboxylic acids is 1. The van der Waals surface area contributed by atoms with Gasteiger partial charge in [0.15, 0.2) is 5.78 Å². The van der Waals surface area contributed by atoms with Crippen molar-refractivity contribution in [2.24, 2.45) is 10.2 Å². The summed E-state index contributed by atoms with van der Waals surface area (Å²) in [6.45, 7) is 0. The highest BCUT2D eigenvalue weighted by Gasteiger charge is 2.15. The molecule has 0 unspecified atom stereocenters. The third kappa shape index (κ3) is 4.69. The average molecular weight is 370 g/mol. The molecule has 0 atom stereocenters. The van der Waals surface area contributed by atoms with Crippen molar-refractivity contribution in [3.05, 3.63) is 80.6 Å². The second-order valence-corrected chi connectivity index (χ2v) is 6.21. The summed E-state index contributed by atoms with van der Waals surface area (Å²) >= 11 is 0. The maximum atomic E-state index is 12.1. The quantitative estimate of drug-likeness (QED) is 0.194. The normalized spacial score (nSPS) is 10.8. The summed E-state index contributed by atoms with van der Waals surface area (Å²) in [6.07, 6.45) is 2.34. The molecule has 0 aliphatic heterocycles. The summed E-state index contributed by atoms with van der Waals surface area (Å²) in [5, 5.41) is 6.65. The molecule has 0 aliphatic carbocycles. The van der Waals surface area contributed by atoms with Gasteiger partial charge in [-0.1, -0.05) is 46.6 Å². The van der Waals surface area contributed by atoms with E-state index < -0.39 is 20.8 Å². The molecule has 2 aromatic rings. The van der Waals surface area contributed by atoms with Crippen LogP contribution in [0.5, 0.6) is 0 Å². The molecule has 11 heteroatoms. The number of allylic oxidation sites excluding steroid dienone is 1. The molecule has 1 N–H and O–H groups in total. The number of hydrogen-bond donors (Lipinski definition) is 1. The lowest BCUT2D eigenvalue weighted by molar-refractivity contribution is 0.104. The number of rotatable bonds is 6. The maximum absolute atomic E-state index is 12.1. The van der Waals surface area contributed by atoms with Gasteiger partial charge in [0.1, 0.15) is 4.90 Å². The van der Waals surface area contributed by atoms with Gasteiger partial charge in [0, 0.05) is 26.8 Å². The van der Waals surface area contributed by atoms with Crippen LogP contribution in [0.1, 0.15) is 15.9 Å². The summed E-state index contributed by atoms with van der Waals surface area (Å²) in [7, 11) is -4.59. The summed E-state index contributed by atoms with van der Waals surface area (Å²) in [5.41, 5.74) is 17.4. The molecule has 0 saturated carbocycles. The predicted molar refractivity (Wildman–Crippen MR) is 93.7 cm³/mol. The molecule has 0 heterocycles. The molecular formula is C15H10N6O4S. The predicted octanol–water partition coefficient (Wildman–Crippen LogP) is 4.71. The van der Waals surface area contributed by atoms with E-state index in [-0.39, 0.29) is 16.8 Å². The van der Waals surface area contributed by atoms with Crippen LogP contribution in [0.4, 0.5) is 11.4 Å². The molecule has 0 amide bonds. The zero-order valence-corrected chi connectivity index (χ0v) is 13.8. The van der Waals surface area contributed by atoms with Crippen molar-refractivity contribution >= 4 is 33.4 Å². The minimum absolute atomic E-state index is 0.00256. The average Bonchev–Trinajstić information content (AvgIpc) is 2.60. The molecule has 2 rings (SSSR count). The van der Waals surface area contributed by atoms with Crippen LogP contribution in [-0.2, 0) is 10.1 Å². The van der Waals surface area contributed by atoms with Crippen molar-refractivity contribution in [1.82, 2.24) is 0 Å². The van der Waals surface area contributed by atoms with Gasteiger partial charge >= 0.3 is 0 Å². The third-order valence-corrected chi connectivity index (χ3v) is 4.07. The van der Waals surface area contributed by atoms with Crippen molar-refractivity contribution in [2.75, 3.05) is 0 Å². The van der Waals surface area contributed by atoms with Crippen LogP contribution in [0.15, 0.2) is 63.7 Å². The zero-order valence-electron chi connectivity index (χ0n) is 13.0. The van der Waals surface area contributed by atoms with Crippen molar-refractivity contribution in [2.45, 2.75) is 4.90 Å².